The normalized spacial score (nSPS) is 11.4. The summed E-state index contributed by atoms with van der Waals surface area (Å²) >= 11 is 1.73. The third kappa shape index (κ3) is 3.29. The molecular weight excluding hydrogens is 244 g/mol. The van der Waals surface area contributed by atoms with Crippen molar-refractivity contribution in [1.82, 2.24) is 0 Å². The Morgan fingerprint density at radius 1 is 1.33 bits per heavy atom. The van der Waals surface area contributed by atoms with Crippen LogP contribution in [0, 0.1) is 13.8 Å². The van der Waals surface area contributed by atoms with Crippen LogP contribution in [0.2, 0.25) is 0 Å². The standard InChI is InChI=1S/C15H22O2S/c1-10-7-11(2)14(12(8-10)18-6)15(3,4)9-13(16)17-5/h7-8H,9H2,1-6H3. The minimum atomic E-state index is -0.205. The van der Waals surface area contributed by atoms with Crippen molar-refractivity contribution in [2.75, 3.05) is 13.4 Å². The molecular formula is C15H22O2S. The highest BCUT2D eigenvalue weighted by Gasteiger charge is 2.28. The van der Waals surface area contributed by atoms with Crippen LogP contribution in [0.15, 0.2) is 17.0 Å². The van der Waals surface area contributed by atoms with Gasteiger partial charge in [0.25, 0.3) is 0 Å². The summed E-state index contributed by atoms with van der Waals surface area (Å²) in [6, 6.07) is 4.36. The molecule has 0 saturated carbocycles. The van der Waals surface area contributed by atoms with Gasteiger partial charge in [-0.05, 0) is 42.9 Å². The van der Waals surface area contributed by atoms with Crippen molar-refractivity contribution in [3.05, 3.63) is 28.8 Å². The van der Waals surface area contributed by atoms with Crippen molar-refractivity contribution in [2.24, 2.45) is 0 Å². The number of methoxy groups -OCH3 is 1. The van der Waals surface area contributed by atoms with Gasteiger partial charge in [-0.1, -0.05) is 19.9 Å². The van der Waals surface area contributed by atoms with Gasteiger partial charge in [0.05, 0.1) is 13.5 Å². The van der Waals surface area contributed by atoms with Crippen LogP contribution in [0.25, 0.3) is 0 Å². The van der Waals surface area contributed by atoms with Gasteiger partial charge < -0.3 is 4.74 Å². The maximum atomic E-state index is 11.5. The maximum absolute atomic E-state index is 11.5. The van der Waals surface area contributed by atoms with Gasteiger partial charge in [-0.25, -0.2) is 0 Å². The minimum Gasteiger partial charge on any atom is -0.469 e. The van der Waals surface area contributed by atoms with E-state index in [1.54, 1.807) is 11.8 Å². The third-order valence-corrected chi connectivity index (χ3v) is 3.92. The summed E-state index contributed by atoms with van der Waals surface area (Å²) in [4.78, 5) is 12.8. The Morgan fingerprint density at radius 2 is 1.94 bits per heavy atom. The Bertz CT molecular complexity index is 450. The lowest BCUT2D eigenvalue weighted by atomic mass is 9.79. The SMILES string of the molecule is COC(=O)CC(C)(C)c1c(C)cc(C)cc1SC. The number of thioether (sulfide) groups is 1. The summed E-state index contributed by atoms with van der Waals surface area (Å²) < 4.78 is 4.80. The van der Waals surface area contributed by atoms with Gasteiger partial charge in [0.15, 0.2) is 0 Å². The average molecular weight is 266 g/mol. The molecule has 0 amide bonds. The summed E-state index contributed by atoms with van der Waals surface area (Å²) in [7, 11) is 1.44. The van der Waals surface area contributed by atoms with Crippen LogP contribution in [0.5, 0.6) is 0 Å². The Labute approximate surface area is 114 Å². The van der Waals surface area contributed by atoms with Crippen LogP contribution in [-0.2, 0) is 14.9 Å². The molecule has 0 aromatic heterocycles. The van der Waals surface area contributed by atoms with Gasteiger partial charge in [0.1, 0.15) is 0 Å². The molecule has 1 aromatic carbocycles. The number of aryl methyl sites for hydroxylation is 2. The first-order valence-electron chi connectivity index (χ1n) is 6.04. The van der Waals surface area contributed by atoms with E-state index < -0.39 is 0 Å². The number of hydrogen-bond acceptors (Lipinski definition) is 3. The van der Waals surface area contributed by atoms with Gasteiger partial charge in [-0.2, -0.15) is 0 Å². The lowest BCUT2D eigenvalue weighted by Crippen LogP contribution is -2.24. The van der Waals surface area contributed by atoms with Crippen molar-refractivity contribution >= 4 is 17.7 Å². The van der Waals surface area contributed by atoms with E-state index in [4.69, 9.17) is 4.74 Å². The molecule has 0 radical (unpaired) electrons. The number of hydrogen-bond donors (Lipinski definition) is 0. The van der Waals surface area contributed by atoms with E-state index in [2.05, 4.69) is 46.1 Å². The van der Waals surface area contributed by atoms with E-state index in [1.807, 2.05) is 0 Å². The van der Waals surface area contributed by atoms with Crippen molar-refractivity contribution < 1.29 is 9.53 Å². The Balaban J connectivity index is 3.26. The second-order valence-electron chi connectivity index (χ2n) is 5.30. The number of carbonyl (C=O) groups excluding carboxylic acids is 1. The highest BCUT2D eigenvalue weighted by atomic mass is 32.2. The number of rotatable bonds is 4. The molecule has 18 heavy (non-hydrogen) atoms. The van der Waals surface area contributed by atoms with Crippen molar-refractivity contribution in [3.8, 4) is 0 Å². The van der Waals surface area contributed by atoms with E-state index >= 15 is 0 Å². The van der Waals surface area contributed by atoms with Crippen LogP contribution in [0.3, 0.4) is 0 Å². The van der Waals surface area contributed by atoms with Crippen LogP contribution >= 0.6 is 11.8 Å². The monoisotopic (exact) mass is 266 g/mol. The van der Waals surface area contributed by atoms with E-state index in [-0.39, 0.29) is 11.4 Å². The number of esters is 1. The van der Waals surface area contributed by atoms with Gasteiger partial charge in [-0.15, -0.1) is 11.8 Å². The molecule has 0 spiro atoms. The van der Waals surface area contributed by atoms with Gasteiger partial charge in [-0.3, -0.25) is 4.79 Å². The molecule has 0 aliphatic carbocycles. The first kappa shape index (κ1) is 15.1. The fourth-order valence-electron chi connectivity index (χ4n) is 2.48. The molecule has 0 bridgehead atoms. The molecule has 0 N–H and O–H groups in total. The molecule has 2 nitrogen and oxygen atoms in total. The molecule has 0 unspecified atom stereocenters. The highest BCUT2D eigenvalue weighted by molar-refractivity contribution is 7.98. The van der Waals surface area contributed by atoms with Crippen LogP contribution < -0.4 is 0 Å². The second kappa shape index (κ2) is 5.79. The number of benzene rings is 1. The van der Waals surface area contributed by atoms with E-state index in [0.717, 1.165) is 0 Å². The van der Waals surface area contributed by atoms with Crippen LogP contribution in [0.1, 0.15) is 37.0 Å². The van der Waals surface area contributed by atoms with Crippen LogP contribution in [-0.4, -0.2) is 19.3 Å². The molecule has 3 heteroatoms. The lowest BCUT2D eigenvalue weighted by Gasteiger charge is -2.28. The first-order chi connectivity index (χ1) is 8.31. The predicted molar refractivity (Wildman–Crippen MR) is 77.4 cm³/mol. The first-order valence-corrected chi connectivity index (χ1v) is 7.27. The predicted octanol–water partition coefficient (Wildman–Crippen LogP) is 3.87. The van der Waals surface area contributed by atoms with Gasteiger partial charge in [0.2, 0.25) is 0 Å². The molecule has 0 fully saturated rings. The van der Waals surface area contributed by atoms with Gasteiger partial charge in [0, 0.05) is 10.3 Å². The zero-order valence-electron chi connectivity index (χ0n) is 12.1. The van der Waals surface area contributed by atoms with Crippen molar-refractivity contribution in [2.45, 2.75) is 44.4 Å². The molecule has 100 valence electrons. The molecule has 1 rings (SSSR count). The van der Waals surface area contributed by atoms with E-state index in [0.29, 0.717) is 6.42 Å². The Hall–Kier alpha value is -0.960. The molecule has 0 aliphatic heterocycles. The quantitative estimate of drug-likeness (QED) is 0.611. The minimum absolute atomic E-state index is 0.160. The lowest BCUT2D eigenvalue weighted by molar-refractivity contribution is -0.141. The molecule has 1 aromatic rings. The van der Waals surface area contributed by atoms with E-state index in [1.165, 1.54) is 28.7 Å². The fourth-order valence-corrected chi connectivity index (χ4v) is 3.42. The number of ether oxygens (including phenoxy) is 1. The molecule has 0 atom stereocenters. The highest BCUT2D eigenvalue weighted by Crippen LogP contribution is 2.37. The average Bonchev–Trinajstić information content (AvgIpc) is 2.26. The topological polar surface area (TPSA) is 26.3 Å². The Kier molecular flexibility index (Phi) is 4.85. The fraction of sp³-hybridized carbons (Fsp3) is 0.533. The largest absolute Gasteiger partial charge is 0.469 e. The Morgan fingerprint density at radius 3 is 2.44 bits per heavy atom. The maximum Gasteiger partial charge on any atom is 0.306 e. The summed E-state index contributed by atoms with van der Waals surface area (Å²) in [6.45, 7) is 8.41. The molecule has 0 saturated heterocycles. The summed E-state index contributed by atoms with van der Waals surface area (Å²) in [5.74, 6) is -0.160. The summed E-state index contributed by atoms with van der Waals surface area (Å²) in [5.41, 5.74) is 3.55. The van der Waals surface area contributed by atoms with E-state index in [9.17, 15) is 4.79 Å². The second-order valence-corrected chi connectivity index (χ2v) is 6.14. The number of carbonyl (C=O) groups is 1. The summed E-state index contributed by atoms with van der Waals surface area (Å²) in [6.07, 6.45) is 2.48. The van der Waals surface area contributed by atoms with Crippen molar-refractivity contribution in [3.63, 3.8) is 0 Å². The third-order valence-electron chi connectivity index (χ3n) is 3.15. The smallest absolute Gasteiger partial charge is 0.306 e. The van der Waals surface area contributed by atoms with Crippen molar-refractivity contribution in [1.29, 1.82) is 0 Å². The zero-order valence-corrected chi connectivity index (χ0v) is 12.9. The van der Waals surface area contributed by atoms with Gasteiger partial charge >= 0.3 is 5.97 Å². The molecule has 0 aliphatic rings. The summed E-state index contributed by atoms with van der Waals surface area (Å²) in [5, 5.41) is 0. The van der Waals surface area contributed by atoms with Crippen LogP contribution in [0.4, 0.5) is 0 Å². The zero-order chi connectivity index (χ0) is 13.9. The molecule has 0 heterocycles.